The van der Waals surface area contributed by atoms with E-state index >= 15 is 0 Å². The SMILES string of the molecule is CCOC(=O)C(F)(F)[C@@H](N)c1ccc2[nH]ccc2c1. The van der Waals surface area contributed by atoms with Gasteiger partial charge in [0.1, 0.15) is 6.04 Å². The normalized spacial score (nSPS) is 13.5. The number of carbonyl (C=O) groups excluding carboxylic acids is 1. The van der Waals surface area contributed by atoms with E-state index in [1.54, 1.807) is 18.3 Å². The van der Waals surface area contributed by atoms with E-state index in [0.717, 1.165) is 10.9 Å². The van der Waals surface area contributed by atoms with E-state index in [-0.39, 0.29) is 12.2 Å². The van der Waals surface area contributed by atoms with Gasteiger partial charge in [-0.25, -0.2) is 4.79 Å². The van der Waals surface area contributed by atoms with E-state index in [1.165, 1.54) is 19.1 Å². The van der Waals surface area contributed by atoms with Crippen molar-refractivity contribution in [2.75, 3.05) is 6.61 Å². The first-order valence-electron chi connectivity index (χ1n) is 5.84. The fraction of sp³-hybridized carbons (Fsp3) is 0.308. The Labute approximate surface area is 108 Å². The number of nitrogens with one attached hydrogen (secondary N) is 1. The number of fused-ring (bicyclic) bond motifs is 1. The highest BCUT2D eigenvalue weighted by Crippen LogP contribution is 2.31. The Morgan fingerprint density at radius 1 is 1.47 bits per heavy atom. The average Bonchev–Trinajstić information content (AvgIpc) is 2.85. The monoisotopic (exact) mass is 268 g/mol. The van der Waals surface area contributed by atoms with Crippen LogP contribution in [-0.2, 0) is 9.53 Å². The molecule has 2 aromatic rings. The van der Waals surface area contributed by atoms with E-state index in [0.29, 0.717) is 0 Å². The van der Waals surface area contributed by atoms with Crippen LogP contribution in [0.1, 0.15) is 18.5 Å². The molecular formula is C13H14F2N2O2. The van der Waals surface area contributed by atoms with Crippen LogP contribution in [0.5, 0.6) is 0 Å². The van der Waals surface area contributed by atoms with Gasteiger partial charge in [0.25, 0.3) is 0 Å². The fourth-order valence-corrected chi connectivity index (χ4v) is 1.83. The van der Waals surface area contributed by atoms with Crippen LogP contribution in [0.3, 0.4) is 0 Å². The summed E-state index contributed by atoms with van der Waals surface area (Å²) in [6.07, 6.45) is 1.70. The number of alkyl halides is 2. The van der Waals surface area contributed by atoms with Crippen LogP contribution < -0.4 is 5.73 Å². The van der Waals surface area contributed by atoms with Gasteiger partial charge in [-0.2, -0.15) is 8.78 Å². The fourth-order valence-electron chi connectivity index (χ4n) is 1.83. The summed E-state index contributed by atoms with van der Waals surface area (Å²) < 4.78 is 32.0. The van der Waals surface area contributed by atoms with Crippen LogP contribution in [0, 0.1) is 0 Å². The maximum absolute atomic E-state index is 13.8. The molecule has 0 spiro atoms. The quantitative estimate of drug-likeness (QED) is 0.836. The van der Waals surface area contributed by atoms with Crippen molar-refractivity contribution in [3.63, 3.8) is 0 Å². The maximum atomic E-state index is 13.8. The van der Waals surface area contributed by atoms with Gasteiger partial charge in [-0.1, -0.05) is 6.07 Å². The number of aromatic nitrogens is 1. The summed E-state index contributed by atoms with van der Waals surface area (Å²) in [6.45, 7) is 1.35. The van der Waals surface area contributed by atoms with Crippen LogP contribution in [0.4, 0.5) is 8.78 Å². The maximum Gasteiger partial charge on any atom is 0.379 e. The number of halogens is 2. The van der Waals surface area contributed by atoms with E-state index in [2.05, 4.69) is 9.72 Å². The van der Waals surface area contributed by atoms with Crippen molar-refractivity contribution in [2.45, 2.75) is 18.9 Å². The Kier molecular flexibility index (Phi) is 3.53. The number of carbonyl (C=O) groups is 1. The Balaban J connectivity index is 2.31. The number of hydrogen-bond donors (Lipinski definition) is 2. The van der Waals surface area contributed by atoms with Crippen molar-refractivity contribution in [1.29, 1.82) is 0 Å². The summed E-state index contributed by atoms with van der Waals surface area (Å²) >= 11 is 0. The number of aromatic amines is 1. The molecule has 3 N–H and O–H groups in total. The largest absolute Gasteiger partial charge is 0.462 e. The minimum Gasteiger partial charge on any atom is -0.462 e. The molecule has 1 aromatic heterocycles. The van der Waals surface area contributed by atoms with E-state index in [4.69, 9.17) is 5.73 Å². The molecule has 6 heteroatoms. The molecule has 4 nitrogen and oxygen atoms in total. The molecule has 1 aromatic carbocycles. The minimum absolute atomic E-state index is 0.113. The lowest BCUT2D eigenvalue weighted by molar-refractivity contribution is -0.174. The first kappa shape index (κ1) is 13.5. The van der Waals surface area contributed by atoms with Gasteiger partial charge in [0.15, 0.2) is 0 Å². The lowest BCUT2D eigenvalue weighted by Crippen LogP contribution is -2.41. The van der Waals surface area contributed by atoms with Gasteiger partial charge in [-0.05, 0) is 36.1 Å². The zero-order valence-electron chi connectivity index (χ0n) is 10.3. The van der Waals surface area contributed by atoms with Crippen molar-refractivity contribution in [1.82, 2.24) is 4.98 Å². The van der Waals surface area contributed by atoms with Gasteiger partial charge in [-0.15, -0.1) is 0 Å². The highest BCUT2D eigenvalue weighted by atomic mass is 19.3. The van der Waals surface area contributed by atoms with Crippen LogP contribution in [0.15, 0.2) is 30.5 Å². The Morgan fingerprint density at radius 3 is 2.89 bits per heavy atom. The third-order valence-electron chi connectivity index (χ3n) is 2.87. The third-order valence-corrected chi connectivity index (χ3v) is 2.87. The van der Waals surface area contributed by atoms with E-state index in [1.807, 2.05) is 0 Å². The smallest absolute Gasteiger partial charge is 0.379 e. The molecule has 0 aliphatic heterocycles. The lowest BCUT2D eigenvalue weighted by atomic mass is 10.00. The van der Waals surface area contributed by atoms with Crippen molar-refractivity contribution in [3.05, 3.63) is 36.0 Å². The third kappa shape index (κ3) is 2.44. The van der Waals surface area contributed by atoms with Crippen molar-refractivity contribution >= 4 is 16.9 Å². The zero-order valence-corrected chi connectivity index (χ0v) is 10.3. The number of benzene rings is 1. The summed E-state index contributed by atoms with van der Waals surface area (Å²) in [4.78, 5) is 14.2. The summed E-state index contributed by atoms with van der Waals surface area (Å²) in [5, 5.41) is 0.757. The van der Waals surface area contributed by atoms with E-state index in [9.17, 15) is 13.6 Å². The molecule has 102 valence electrons. The number of esters is 1. The highest BCUT2D eigenvalue weighted by molar-refractivity contribution is 5.82. The first-order valence-corrected chi connectivity index (χ1v) is 5.84. The molecule has 0 bridgehead atoms. The van der Waals surface area contributed by atoms with Gasteiger partial charge in [0.05, 0.1) is 6.61 Å². The topological polar surface area (TPSA) is 68.1 Å². The second kappa shape index (κ2) is 4.97. The van der Waals surface area contributed by atoms with E-state index < -0.39 is 17.9 Å². The molecule has 0 unspecified atom stereocenters. The predicted octanol–water partition coefficient (Wildman–Crippen LogP) is 2.37. The van der Waals surface area contributed by atoms with Crippen molar-refractivity contribution < 1.29 is 18.3 Å². The summed E-state index contributed by atoms with van der Waals surface area (Å²) in [6, 6.07) is 4.66. The molecular weight excluding hydrogens is 254 g/mol. The number of H-pyrrole nitrogens is 1. The van der Waals surface area contributed by atoms with Crippen LogP contribution in [0.25, 0.3) is 10.9 Å². The standard InChI is InChI=1S/C13H14F2N2O2/c1-2-19-12(18)13(14,15)11(16)9-3-4-10-8(7-9)5-6-17-10/h3-7,11,17H,2,16H2,1H3/t11-/m0/s1. The molecule has 0 aliphatic carbocycles. The van der Waals surface area contributed by atoms with Crippen LogP contribution in [0.2, 0.25) is 0 Å². The van der Waals surface area contributed by atoms with Crippen molar-refractivity contribution in [3.8, 4) is 0 Å². The second-order valence-electron chi connectivity index (χ2n) is 4.15. The second-order valence-corrected chi connectivity index (χ2v) is 4.15. The Bertz CT molecular complexity index is 595. The number of nitrogens with two attached hydrogens (primary N) is 1. The first-order chi connectivity index (χ1) is 8.96. The van der Waals surface area contributed by atoms with Gasteiger partial charge in [0, 0.05) is 11.7 Å². The summed E-state index contributed by atoms with van der Waals surface area (Å²) in [7, 11) is 0. The van der Waals surface area contributed by atoms with Gasteiger partial charge < -0.3 is 15.5 Å². The minimum atomic E-state index is -3.75. The molecule has 0 amide bonds. The molecule has 0 saturated carbocycles. The molecule has 19 heavy (non-hydrogen) atoms. The van der Waals surface area contributed by atoms with Crippen molar-refractivity contribution in [2.24, 2.45) is 5.73 Å². The Hall–Kier alpha value is -1.95. The zero-order chi connectivity index (χ0) is 14.0. The number of ether oxygens (including phenoxy) is 1. The average molecular weight is 268 g/mol. The van der Waals surface area contributed by atoms with Crippen LogP contribution in [-0.4, -0.2) is 23.5 Å². The summed E-state index contributed by atoms with van der Waals surface area (Å²) in [5.41, 5.74) is 6.50. The van der Waals surface area contributed by atoms with Gasteiger partial charge in [-0.3, -0.25) is 0 Å². The predicted molar refractivity (Wildman–Crippen MR) is 66.8 cm³/mol. The lowest BCUT2D eigenvalue weighted by Gasteiger charge is -2.21. The molecule has 0 aliphatic rings. The van der Waals surface area contributed by atoms with Crippen LogP contribution >= 0.6 is 0 Å². The highest BCUT2D eigenvalue weighted by Gasteiger charge is 2.47. The molecule has 0 saturated heterocycles. The number of rotatable bonds is 4. The molecule has 1 atom stereocenters. The molecule has 2 rings (SSSR count). The molecule has 1 heterocycles. The Morgan fingerprint density at radius 2 is 2.21 bits per heavy atom. The summed E-state index contributed by atoms with van der Waals surface area (Å²) in [5.74, 6) is -5.35. The molecule has 0 fully saturated rings. The van der Waals surface area contributed by atoms with Gasteiger partial charge in [0.2, 0.25) is 0 Å². The van der Waals surface area contributed by atoms with Gasteiger partial charge >= 0.3 is 11.9 Å². The molecule has 0 radical (unpaired) electrons. The number of hydrogen-bond acceptors (Lipinski definition) is 3.